The van der Waals surface area contributed by atoms with Crippen molar-refractivity contribution >= 4 is 35.1 Å². The molecule has 1 aromatic carbocycles. The number of likely N-dealkylation sites (tertiary alicyclic amines) is 1. The Morgan fingerprint density at radius 3 is 2.48 bits per heavy atom. The first-order valence-corrected chi connectivity index (χ1v) is 10.4. The number of hydrogen-bond donors (Lipinski definition) is 2. The van der Waals surface area contributed by atoms with E-state index >= 15 is 0 Å². The van der Waals surface area contributed by atoms with E-state index in [-0.39, 0.29) is 0 Å². The molecule has 0 unspecified atom stereocenters. The fourth-order valence-electron chi connectivity index (χ4n) is 3.47. The molecular weight excluding hydrogens is 390 g/mol. The van der Waals surface area contributed by atoms with Crippen LogP contribution in [0.2, 0.25) is 5.02 Å². The summed E-state index contributed by atoms with van der Waals surface area (Å²) in [5.41, 5.74) is 0.798. The monoisotopic (exact) mass is 417 g/mol. The molecule has 1 aromatic heterocycles. The topological polar surface area (TPSA) is 78.4 Å². The standard InChI is InChI=1S/C20H28ClN7O/c1-27-10-8-15(9-11-27)28(2)20-25-18(22-13-4-5-13)24-19(26-20)23-14-6-7-17(29-3)16(21)12-14/h6-7,12-13,15H,4-5,8-11H2,1-3H3,(H2,22,23,24,25,26). The molecule has 9 heteroatoms. The van der Waals surface area contributed by atoms with Crippen LogP contribution in [-0.4, -0.2) is 66.2 Å². The largest absolute Gasteiger partial charge is 0.495 e. The average Bonchev–Trinajstić information content (AvgIpc) is 3.52. The molecule has 0 bridgehead atoms. The van der Waals surface area contributed by atoms with E-state index in [1.807, 2.05) is 12.1 Å². The molecule has 1 aliphatic heterocycles. The number of piperidine rings is 1. The van der Waals surface area contributed by atoms with Crippen LogP contribution in [0, 0.1) is 0 Å². The molecule has 0 amide bonds. The molecule has 2 N–H and O–H groups in total. The van der Waals surface area contributed by atoms with E-state index in [9.17, 15) is 0 Å². The minimum Gasteiger partial charge on any atom is -0.495 e. The van der Waals surface area contributed by atoms with Gasteiger partial charge in [-0.15, -0.1) is 0 Å². The van der Waals surface area contributed by atoms with Gasteiger partial charge in [0, 0.05) is 24.8 Å². The van der Waals surface area contributed by atoms with Crippen LogP contribution < -0.4 is 20.3 Å². The van der Waals surface area contributed by atoms with Crippen LogP contribution in [0.25, 0.3) is 0 Å². The van der Waals surface area contributed by atoms with E-state index in [1.54, 1.807) is 13.2 Å². The van der Waals surface area contributed by atoms with E-state index in [0.29, 0.717) is 40.7 Å². The second-order valence-electron chi connectivity index (χ2n) is 7.82. The molecule has 4 rings (SSSR count). The first kappa shape index (κ1) is 20.0. The number of methoxy groups -OCH3 is 1. The number of hydrogen-bond acceptors (Lipinski definition) is 8. The number of benzene rings is 1. The van der Waals surface area contributed by atoms with Crippen molar-refractivity contribution < 1.29 is 4.74 Å². The Morgan fingerprint density at radius 2 is 1.83 bits per heavy atom. The third-order valence-corrected chi connectivity index (χ3v) is 5.79. The Balaban J connectivity index is 1.57. The maximum atomic E-state index is 6.26. The Kier molecular flexibility index (Phi) is 5.91. The summed E-state index contributed by atoms with van der Waals surface area (Å²) in [6, 6.07) is 6.40. The van der Waals surface area contributed by atoms with Crippen molar-refractivity contribution in [3.05, 3.63) is 23.2 Å². The smallest absolute Gasteiger partial charge is 0.233 e. The summed E-state index contributed by atoms with van der Waals surface area (Å²) in [6.45, 7) is 2.17. The van der Waals surface area contributed by atoms with Gasteiger partial charge in [0.25, 0.3) is 0 Å². The van der Waals surface area contributed by atoms with E-state index in [4.69, 9.17) is 16.3 Å². The maximum absolute atomic E-state index is 6.26. The molecule has 0 radical (unpaired) electrons. The first-order valence-electron chi connectivity index (χ1n) is 10.1. The van der Waals surface area contributed by atoms with Crippen molar-refractivity contribution in [1.82, 2.24) is 19.9 Å². The molecule has 2 aromatic rings. The van der Waals surface area contributed by atoms with Crippen LogP contribution >= 0.6 is 11.6 Å². The summed E-state index contributed by atoms with van der Waals surface area (Å²) >= 11 is 6.26. The summed E-state index contributed by atoms with van der Waals surface area (Å²) in [5.74, 6) is 2.42. The number of halogens is 1. The van der Waals surface area contributed by atoms with Crippen LogP contribution in [0.1, 0.15) is 25.7 Å². The number of anilines is 4. The van der Waals surface area contributed by atoms with Crippen molar-refractivity contribution in [3.63, 3.8) is 0 Å². The molecule has 29 heavy (non-hydrogen) atoms. The Bertz CT molecular complexity index is 853. The van der Waals surface area contributed by atoms with Crippen LogP contribution in [0.4, 0.5) is 23.5 Å². The Labute approximate surface area is 176 Å². The number of nitrogens with one attached hydrogen (secondary N) is 2. The molecule has 0 spiro atoms. The lowest BCUT2D eigenvalue weighted by Gasteiger charge is -2.35. The SMILES string of the molecule is COc1ccc(Nc2nc(NC3CC3)nc(N(C)C3CCN(C)CC3)n2)cc1Cl. The molecule has 2 fully saturated rings. The highest BCUT2D eigenvalue weighted by atomic mass is 35.5. The lowest BCUT2D eigenvalue weighted by atomic mass is 10.0. The van der Waals surface area contributed by atoms with E-state index < -0.39 is 0 Å². The van der Waals surface area contributed by atoms with Gasteiger partial charge in [0.2, 0.25) is 17.8 Å². The van der Waals surface area contributed by atoms with Gasteiger partial charge >= 0.3 is 0 Å². The van der Waals surface area contributed by atoms with E-state index in [2.05, 4.69) is 49.5 Å². The molecule has 2 aliphatic rings. The predicted molar refractivity (Wildman–Crippen MR) is 117 cm³/mol. The molecule has 1 saturated carbocycles. The fraction of sp³-hybridized carbons (Fsp3) is 0.550. The van der Waals surface area contributed by atoms with Crippen molar-refractivity contribution in [2.45, 2.75) is 37.8 Å². The van der Waals surface area contributed by atoms with Crippen molar-refractivity contribution in [2.24, 2.45) is 0 Å². The zero-order valence-electron chi connectivity index (χ0n) is 17.2. The number of nitrogens with zero attached hydrogens (tertiary/aromatic N) is 5. The third kappa shape index (κ3) is 5.00. The second-order valence-corrected chi connectivity index (χ2v) is 8.23. The van der Waals surface area contributed by atoms with Gasteiger partial charge in [0.1, 0.15) is 5.75 Å². The van der Waals surface area contributed by atoms with Crippen molar-refractivity contribution in [3.8, 4) is 5.75 Å². The Morgan fingerprint density at radius 1 is 1.10 bits per heavy atom. The van der Waals surface area contributed by atoms with Crippen LogP contribution in [0.15, 0.2) is 18.2 Å². The molecule has 2 heterocycles. The lowest BCUT2D eigenvalue weighted by molar-refractivity contribution is 0.252. The minimum absolute atomic E-state index is 0.422. The summed E-state index contributed by atoms with van der Waals surface area (Å²) in [6.07, 6.45) is 4.51. The third-order valence-electron chi connectivity index (χ3n) is 5.49. The molecule has 0 atom stereocenters. The highest BCUT2D eigenvalue weighted by Crippen LogP contribution is 2.30. The van der Waals surface area contributed by atoms with Gasteiger partial charge in [-0.25, -0.2) is 0 Å². The quantitative estimate of drug-likeness (QED) is 0.709. The zero-order chi connectivity index (χ0) is 20.4. The summed E-state index contributed by atoms with van der Waals surface area (Å²) in [4.78, 5) is 18.5. The number of ether oxygens (including phenoxy) is 1. The molecule has 1 aliphatic carbocycles. The molecular formula is C20H28ClN7O. The number of rotatable bonds is 7. The predicted octanol–water partition coefficient (Wildman–Crippen LogP) is 3.38. The van der Waals surface area contributed by atoms with Gasteiger partial charge in [-0.1, -0.05) is 11.6 Å². The van der Waals surface area contributed by atoms with Crippen LogP contribution in [-0.2, 0) is 0 Å². The molecule has 1 saturated heterocycles. The fourth-order valence-corrected chi connectivity index (χ4v) is 3.73. The average molecular weight is 418 g/mol. The summed E-state index contributed by atoms with van der Waals surface area (Å²) in [7, 11) is 5.83. The Hall–Kier alpha value is -2.32. The van der Waals surface area contributed by atoms with E-state index in [0.717, 1.165) is 44.5 Å². The van der Waals surface area contributed by atoms with Gasteiger partial charge in [-0.2, -0.15) is 15.0 Å². The lowest BCUT2D eigenvalue weighted by Crippen LogP contribution is -2.42. The van der Waals surface area contributed by atoms with Crippen molar-refractivity contribution in [1.29, 1.82) is 0 Å². The minimum atomic E-state index is 0.422. The highest BCUT2D eigenvalue weighted by molar-refractivity contribution is 6.32. The van der Waals surface area contributed by atoms with Gasteiger partial charge in [0.15, 0.2) is 0 Å². The molecule has 156 valence electrons. The van der Waals surface area contributed by atoms with Gasteiger partial charge in [-0.05, 0) is 64.0 Å². The van der Waals surface area contributed by atoms with Gasteiger partial charge in [0.05, 0.1) is 12.1 Å². The van der Waals surface area contributed by atoms with Gasteiger partial charge < -0.3 is 25.2 Å². The highest BCUT2D eigenvalue weighted by Gasteiger charge is 2.26. The first-order chi connectivity index (χ1) is 14.0. The summed E-state index contributed by atoms with van der Waals surface area (Å²) in [5, 5.41) is 7.19. The van der Waals surface area contributed by atoms with Gasteiger partial charge in [-0.3, -0.25) is 0 Å². The van der Waals surface area contributed by atoms with Crippen molar-refractivity contribution in [2.75, 3.05) is 49.8 Å². The second kappa shape index (κ2) is 8.59. The van der Waals surface area contributed by atoms with Crippen LogP contribution in [0.3, 0.4) is 0 Å². The normalized spacial score (nSPS) is 17.8. The van der Waals surface area contributed by atoms with E-state index in [1.165, 1.54) is 0 Å². The molecule has 8 nitrogen and oxygen atoms in total. The maximum Gasteiger partial charge on any atom is 0.233 e. The van der Waals surface area contributed by atoms with Crippen LogP contribution in [0.5, 0.6) is 5.75 Å². The number of aromatic nitrogens is 3. The summed E-state index contributed by atoms with van der Waals surface area (Å²) < 4.78 is 5.22. The zero-order valence-corrected chi connectivity index (χ0v) is 17.9.